The van der Waals surface area contributed by atoms with Gasteiger partial charge < -0.3 is 19.4 Å². The quantitative estimate of drug-likeness (QED) is 0.706. The summed E-state index contributed by atoms with van der Waals surface area (Å²) in [5.74, 6) is 2.62. The lowest BCUT2D eigenvalue weighted by molar-refractivity contribution is 0.120. The molecule has 5 heteroatoms. The van der Waals surface area contributed by atoms with Gasteiger partial charge in [-0.3, -0.25) is 0 Å². The fourth-order valence-electron chi connectivity index (χ4n) is 3.55. The summed E-state index contributed by atoms with van der Waals surface area (Å²) in [6, 6.07) is 8.79. The summed E-state index contributed by atoms with van der Waals surface area (Å²) in [4.78, 5) is 7.23. The van der Waals surface area contributed by atoms with E-state index in [1.165, 1.54) is 11.1 Å². The van der Waals surface area contributed by atoms with Crippen LogP contribution in [0.15, 0.2) is 28.7 Å². The molecule has 1 aromatic carbocycles. The number of morpholine rings is 1. The molecule has 0 bridgehead atoms. The van der Waals surface area contributed by atoms with Crippen LogP contribution in [-0.4, -0.2) is 31.3 Å². The first-order chi connectivity index (χ1) is 13.4. The summed E-state index contributed by atoms with van der Waals surface area (Å²) in [5.41, 5.74) is 3.62. The van der Waals surface area contributed by atoms with Crippen molar-refractivity contribution in [2.75, 3.05) is 31.2 Å². The van der Waals surface area contributed by atoms with E-state index in [4.69, 9.17) is 14.1 Å². The van der Waals surface area contributed by atoms with Crippen LogP contribution in [0.1, 0.15) is 68.8 Å². The van der Waals surface area contributed by atoms with Gasteiger partial charge in [-0.25, -0.2) is 4.98 Å². The molecule has 1 unspecified atom stereocenters. The van der Waals surface area contributed by atoms with Crippen LogP contribution >= 0.6 is 0 Å². The van der Waals surface area contributed by atoms with Crippen molar-refractivity contribution in [3.63, 3.8) is 0 Å². The molecule has 1 saturated heterocycles. The second-order valence-corrected chi connectivity index (χ2v) is 8.55. The van der Waals surface area contributed by atoms with Crippen molar-refractivity contribution in [3.05, 3.63) is 47.0 Å². The van der Waals surface area contributed by atoms with Gasteiger partial charge in [-0.05, 0) is 24.8 Å². The van der Waals surface area contributed by atoms with Crippen molar-refractivity contribution in [2.45, 2.75) is 59.5 Å². The highest BCUT2D eigenvalue weighted by molar-refractivity contribution is 5.43. The summed E-state index contributed by atoms with van der Waals surface area (Å²) in [6.45, 7) is 15.0. The van der Waals surface area contributed by atoms with Gasteiger partial charge >= 0.3 is 0 Å². The van der Waals surface area contributed by atoms with E-state index in [2.05, 4.69) is 69.1 Å². The highest BCUT2D eigenvalue weighted by atomic mass is 16.5. The Balaban J connectivity index is 1.81. The van der Waals surface area contributed by atoms with Crippen LogP contribution in [0.25, 0.3) is 0 Å². The molecule has 0 radical (unpaired) electrons. The van der Waals surface area contributed by atoms with Gasteiger partial charge in [-0.1, -0.05) is 57.5 Å². The van der Waals surface area contributed by atoms with E-state index in [1.54, 1.807) is 0 Å². The van der Waals surface area contributed by atoms with Crippen molar-refractivity contribution in [3.8, 4) is 0 Å². The van der Waals surface area contributed by atoms with E-state index in [1.807, 2.05) is 0 Å². The van der Waals surface area contributed by atoms with Gasteiger partial charge in [0.05, 0.1) is 19.3 Å². The minimum Gasteiger partial charge on any atom is -0.423 e. The highest BCUT2D eigenvalue weighted by Crippen LogP contribution is 2.33. The predicted octanol–water partition coefficient (Wildman–Crippen LogP) is 4.82. The molecular weight excluding hydrogens is 350 g/mol. The van der Waals surface area contributed by atoms with Crippen LogP contribution in [0.4, 0.5) is 5.88 Å². The molecule has 0 saturated carbocycles. The molecule has 5 nitrogen and oxygen atoms in total. The first-order valence-electron chi connectivity index (χ1n) is 10.6. The fraction of sp³-hybridized carbons (Fsp3) is 0.609. The van der Waals surface area contributed by atoms with E-state index in [-0.39, 0.29) is 6.04 Å². The molecule has 1 aliphatic rings. The molecule has 2 aromatic rings. The average Bonchev–Trinajstić information content (AvgIpc) is 3.12. The largest absolute Gasteiger partial charge is 0.423 e. The Morgan fingerprint density at radius 1 is 1.07 bits per heavy atom. The summed E-state index contributed by atoms with van der Waals surface area (Å²) >= 11 is 0. The van der Waals surface area contributed by atoms with Gasteiger partial charge in [-0.2, -0.15) is 0 Å². The SMILES string of the molecule is Cc1ccc(CNC(CC(C)C)c2nc(C(C)C)c(N3CCOCC3)o2)cc1. The molecule has 0 spiro atoms. The topological polar surface area (TPSA) is 50.5 Å². The molecule has 0 amide bonds. The molecule has 2 heterocycles. The Bertz CT molecular complexity index is 731. The smallest absolute Gasteiger partial charge is 0.220 e. The van der Waals surface area contributed by atoms with E-state index in [9.17, 15) is 0 Å². The molecule has 1 atom stereocenters. The lowest BCUT2D eigenvalue weighted by Gasteiger charge is -2.27. The molecule has 0 aliphatic carbocycles. The molecule has 28 heavy (non-hydrogen) atoms. The maximum atomic E-state index is 6.38. The van der Waals surface area contributed by atoms with Gasteiger partial charge in [0.1, 0.15) is 5.69 Å². The second-order valence-electron chi connectivity index (χ2n) is 8.55. The Morgan fingerprint density at radius 3 is 2.36 bits per heavy atom. The first-order valence-corrected chi connectivity index (χ1v) is 10.6. The zero-order valence-corrected chi connectivity index (χ0v) is 18.0. The first kappa shape index (κ1) is 20.9. The zero-order valence-electron chi connectivity index (χ0n) is 18.0. The molecule has 1 fully saturated rings. The van der Waals surface area contributed by atoms with E-state index in [0.717, 1.165) is 56.7 Å². The van der Waals surface area contributed by atoms with Crippen LogP contribution in [-0.2, 0) is 11.3 Å². The van der Waals surface area contributed by atoms with Crippen molar-refractivity contribution in [1.29, 1.82) is 0 Å². The third-order valence-electron chi connectivity index (χ3n) is 5.17. The molecule has 3 rings (SSSR count). The van der Waals surface area contributed by atoms with Crippen molar-refractivity contribution < 1.29 is 9.15 Å². The van der Waals surface area contributed by atoms with Crippen LogP contribution in [0.5, 0.6) is 0 Å². The summed E-state index contributed by atoms with van der Waals surface area (Å²) in [7, 11) is 0. The van der Waals surface area contributed by atoms with Crippen molar-refractivity contribution >= 4 is 5.88 Å². The maximum absolute atomic E-state index is 6.38. The average molecular weight is 386 g/mol. The summed E-state index contributed by atoms with van der Waals surface area (Å²) in [6.07, 6.45) is 0.993. The van der Waals surface area contributed by atoms with Gasteiger partial charge in [0.15, 0.2) is 0 Å². The third-order valence-corrected chi connectivity index (χ3v) is 5.17. The second kappa shape index (κ2) is 9.57. The number of ether oxygens (including phenoxy) is 1. The minimum absolute atomic E-state index is 0.105. The molecule has 154 valence electrons. The zero-order chi connectivity index (χ0) is 20.1. The van der Waals surface area contributed by atoms with Crippen LogP contribution < -0.4 is 10.2 Å². The lowest BCUT2D eigenvalue weighted by Crippen LogP contribution is -2.36. The number of nitrogens with zero attached hydrogens (tertiary/aromatic N) is 2. The predicted molar refractivity (Wildman–Crippen MR) is 114 cm³/mol. The summed E-state index contributed by atoms with van der Waals surface area (Å²) < 4.78 is 11.9. The number of hydrogen-bond acceptors (Lipinski definition) is 5. The van der Waals surface area contributed by atoms with Crippen molar-refractivity contribution in [1.82, 2.24) is 10.3 Å². The Kier molecular flexibility index (Phi) is 7.13. The molecule has 1 aliphatic heterocycles. The van der Waals surface area contributed by atoms with E-state index >= 15 is 0 Å². The van der Waals surface area contributed by atoms with E-state index < -0.39 is 0 Å². The van der Waals surface area contributed by atoms with Gasteiger partial charge in [-0.15, -0.1) is 0 Å². The monoisotopic (exact) mass is 385 g/mol. The number of hydrogen-bond donors (Lipinski definition) is 1. The van der Waals surface area contributed by atoms with Crippen molar-refractivity contribution in [2.24, 2.45) is 5.92 Å². The Hall–Kier alpha value is -1.85. The summed E-state index contributed by atoms with van der Waals surface area (Å²) in [5, 5.41) is 3.69. The van der Waals surface area contributed by atoms with Crippen LogP contribution in [0.2, 0.25) is 0 Å². The minimum atomic E-state index is 0.105. The third kappa shape index (κ3) is 5.36. The van der Waals surface area contributed by atoms with Gasteiger partial charge in [0.25, 0.3) is 0 Å². The van der Waals surface area contributed by atoms with Gasteiger partial charge in [0.2, 0.25) is 11.8 Å². The highest BCUT2D eigenvalue weighted by Gasteiger charge is 2.27. The number of benzene rings is 1. The van der Waals surface area contributed by atoms with E-state index in [0.29, 0.717) is 11.8 Å². The number of oxazole rings is 1. The van der Waals surface area contributed by atoms with Crippen LogP contribution in [0, 0.1) is 12.8 Å². The lowest BCUT2D eigenvalue weighted by atomic mass is 10.0. The number of rotatable bonds is 8. The van der Waals surface area contributed by atoms with Crippen LogP contribution in [0.3, 0.4) is 0 Å². The maximum Gasteiger partial charge on any atom is 0.220 e. The number of aryl methyl sites for hydroxylation is 1. The Labute approximate surface area is 169 Å². The number of nitrogens with one attached hydrogen (secondary N) is 1. The number of anilines is 1. The normalized spacial score (nSPS) is 16.2. The fourth-order valence-corrected chi connectivity index (χ4v) is 3.55. The molecule has 1 N–H and O–H groups in total. The molecule has 1 aromatic heterocycles. The Morgan fingerprint density at radius 2 is 1.75 bits per heavy atom. The number of aromatic nitrogens is 1. The standard InChI is InChI=1S/C23H35N3O2/c1-16(2)14-20(24-15-19-8-6-18(5)7-9-19)22-25-21(17(3)4)23(28-22)26-10-12-27-13-11-26/h6-9,16-17,20,24H,10-15H2,1-5H3. The molecular formula is C23H35N3O2. The van der Waals surface area contributed by atoms with Gasteiger partial charge in [0, 0.05) is 25.6 Å².